The van der Waals surface area contributed by atoms with Crippen molar-refractivity contribution in [3.8, 4) is 0 Å². The van der Waals surface area contributed by atoms with Crippen molar-refractivity contribution in [2.75, 3.05) is 26.3 Å². The third kappa shape index (κ3) is 5.74. The third-order valence-corrected chi connectivity index (χ3v) is 4.88. The SMILES string of the molecule is CCNCc1ccc(S(=O)(=O)NCCOCC2CC2)cc1. The highest BCUT2D eigenvalue weighted by molar-refractivity contribution is 7.89. The zero-order valence-corrected chi connectivity index (χ0v) is 13.3. The Morgan fingerprint density at radius 3 is 2.57 bits per heavy atom. The molecule has 0 spiro atoms. The van der Waals surface area contributed by atoms with E-state index in [1.54, 1.807) is 12.1 Å². The molecule has 6 heteroatoms. The van der Waals surface area contributed by atoms with Gasteiger partial charge in [0, 0.05) is 19.7 Å². The molecule has 1 aromatic rings. The van der Waals surface area contributed by atoms with E-state index in [0.29, 0.717) is 24.0 Å². The number of rotatable bonds is 10. The normalized spacial score (nSPS) is 15.3. The molecule has 1 fully saturated rings. The summed E-state index contributed by atoms with van der Waals surface area (Å²) in [5.74, 6) is 0.700. The average molecular weight is 312 g/mol. The number of sulfonamides is 1. The monoisotopic (exact) mass is 312 g/mol. The lowest BCUT2D eigenvalue weighted by molar-refractivity contribution is 0.129. The molecule has 2 N–H and O–H groups in total. The van der Waals surface area contributed by atoms with Crippen LogP contribution in [-0.4, -0.2) is 34.7 Å². The number of benzene rings is 1. The van der Waals surface area contributed by atoms with Crippen molar-refractivity contribution in [2.24, 2.45) is 5.92 Å². The summed E-state index contributed by atoms with van der Waals surface area (Å²) in [7, 11) is -3.43. The van der Waals surface area contributed by atoms with E-state index in [-0.39, 0.29) is 0 Å². The van der Waals surface area contributed by atoms with E-state index in [4.69, 9.17) is 4.74 Å². The molecule has 1 saturated carbocycles. The second-order valence-electron chi connectivity index (χ2n) is 5.34. The van der Waals surface area contributed by atoms with Gasteiger partial charge in [-0.15, -0.1) is 0 Å². The van der Waals surface area contributed by atoms with Crippen LogP contribution in [-0.2, 0) is 21.3 Å². The molecular weight excluding hydrogens is 288 g/mol. The number of hydrogen-bond acceptors (Lipinski definition) is 4. The summed E-state index contributed by atoms with van der Waals surface area (Å²) in [5, 5.41) is 3.20. The molecule has 0 unspecified atom stereocenters. The van der Waals surface area contributed by atoms with E-state index in [1.165, 1.54) is 12.8 Å². The van der Waals surface area contributed by atoms with Gasteiger partial charge < -0.3 is 10.1 Å². The van der Waals surface area contributed by atoms with E-state index in [9.17, 15) is 8.42 Å². The second kappa shape index (κ2) is 7.89. The lowest BCUT2D eigenvalue weighted by Crippen LogP contribution is -2.27. The summed E-state index contributed by atoms with van der Waals surface area (Å²) >= 11 is 0. The molecule has 0 aromatic heterocycles. The van der Waals surface area contributed by atoms with Crippen molar-refractivity contribution < 1.29 is 13.2 Å². The predicted octanol–water partition coefficient (Wildman–Crippen LogP) is 1.50. The predicted molar refractivity (Wildman–Crippen MR) is 82.6 cm³/mol. The summed E-state index contributed by atoms with van der Waals surface area (Å²) in [6.07, 6.45) is 2.48. The fourth-order valence-electron chi connectivity index (χ4n) is 1.92. The Kier molecular flexibility index (Phi) is 6.17. The molecule has 21 heavy (non-hydrogen) atoms. The minimum Gasteiger partial charge on any atom is -0.380 e. The van der Waals surface area contributed by atoms with E-state index in [2.05, 4.69) is 10.0 Å². The maximum atomic E-state index is 12.1. The summed E-state index contributed by atoms with van der Waals surface area (Å²) in [6, 6.07) is 6.95. The Hall–Kier alpha value is -0.950. The quantitative estimate of drug-likeness (QED) is 0.643. The molecule has 0 atom stereocenters. The molecule has 0 bridgehead atoms. The third-order valence-electron chi connectivity index (χ3n) is 3.40. The van der Waals surface area contributed by atoms with Crippen LogP contribution < -0.4 is 10.0 Å². The Bertz CT molecular complexity index is 524. The van der Waals surface area contributed by atoms with Crippen LogP contribution in [0.1, 0.15) is 25.3 Å². The molecule has 118 valence electrons. The Balaban J connectivity index is 1.77. The molecule has 0 saturated heterocycles. The van der Waals surface area contributed by atoms with E-state index >= 15 is 0 Å². The van der Waals surface area contributed by atoms with Gasteiger partial charge >= 0.3 is 0 Å². The Labute approximate surface area is 127 Å². The molecule has 0 amide bonds. The van der Waals surface area contributed by atoms with Crippen LogP contribution in [0.3, 0.4) is 0 Å². The van der Waals surface area contributed by atoms with Crippen LogP contribution in [0.15, 0.2) is 29.2 Å². The number of ether oxygens (including phenoxy) is 1. The molecular formula is C15H24N2O3S. The lowest BCUT2D eigenvalue weighted by Gasteiger charge is -2.08. The van der Waals surface area contributed by atoms with Crippen LogP contribution in [0.2, 0.25) is 0 Å². The van der Waals surface area contributed by atoms with Crippen LogP contribution in [0, 0.1) is 5.92 Å². The summed E-state index contributed by atoms with van der Waals surface area (Å²) in [4.78, 5) is 0.296. The lowest BCUT2D eigenvalue weighted by atomic mass is 10.2. The van der Waals surface area contributed by atoms with Gasteiger partial charge in [-0.05, 0) is 43.0 Å². The van der Waals surface area contributed by atoms with E-state index < -0.39 is 10.0 Å². The first-order valence-electron chi connectivity index (χ1n) is 7.49. The minimum absolute atomic E-state index is 0.296. The van der Waals surface area contributed by atoms with Gasteiger partial charge in [0.25, 0.3) is 0 Å². The van der Waals surface area contributed by atoms with Crippen molar-refractivity contribution in [1.29, 1.82) is 0 Å². The topological polar surface area (TPSA) is 67.4 Å². The van der Waals surface area contributed by atoms with E-state index in [1.807, 2.05) is 19.1 Å². The molecule has 2 rings (SSSR count). The largest absolute Gasteiger partial charge is 0.380 e. The van der Waals surface area contributed by atoms with Gasteiger partial charge in [-0.3, -0.25) is 0 Å². The van der Waals surface area contributed by atoms with Gasteiger partial charge in [-0.1, -0.05) is 19.1 Å². The summed E-state index contributed by atoms with van der Waals surface area (Å²) < 4.78 is 32.1. The molecule has 0 radical (unpaired) electrons. The first-order chi connectivity index (χ1) is 10.1. The van der Waals surface area contributed by atoms with Crippen LogP contribution >= 0.6 is 0 Å². The molecule has 1 aliphatic carbocycles. The first-order valence-corrected chi connectivity index (χ1v) is 8.97. The highest BCUT2D eigenvalue weighted by Crippen LogP contribution is 2.28. The summed E-state index contributed by atoms with van der Waals surface area (Å²) in [6.45, 7) is 5.17. The second-order valence-corrected chi connectivity index (χ2v) is 7.11. The van der Waals surface area contributed by atoms with Crippen molar-refractivity contribution in [3.05, 3.63) is 29.8 Å². The molecule has 0 aliphatic heterocycles. The fourth-order valence-corrected chi connectivity index (χ4v) is 2.93. The number of hydrogen-bond donors (Lipinski definition) is 2. The molecule has 1 aliphatic rings. The zero-order chi connectivity index (χ0) is 15.1. The van der Waals surface area contributed by atoms with Crippen LogP contribution in [0.25, 0.3) is 0 Å². The van der Waals surface area contributed by atoms with Crippen LogP contribution in [0.5, 0.6) is 0 Å². The van der Waals surface area contributed by atoms with Crippen molar-refractivity contribution in [1.82, 2.24) is 10.0 Å². The number of nitrogens with one attached hydrogen (secondary N) is 2. The average Bonchev–Trinajstić information content (AvgIpc) is 3.29. The van der Waals surface area contributed by atoms with Gasteiger partial charge in [-0.25, -0.2) is 13.1 Å². The van der Waals surface area contributed by atoms with Gasteiger partial charge in [0.05, 0.1) is 11.5 Å². The van der Waals surface area contributed by atoms with Gasteiger partial charge in [-0.2, -0.15) is 0 Å². The van der Waals surface area contributed by atoms with Crippen molar-refractivity contribution in [3.63, 3.8) is 0 Å². The highest BCUT2D eigenvalue weighted by atomic mass is 32.2. The standard InChI is InChI=1S/C15H24N2O3S/c1-2-16-11-13-5-7-15(8-6-13)21(18,19)17-9-10-20-12-14-3-4-14/h5-8,14,16-17H,2-4,9-12H2,1H3. The zero-order valence-electron chi connectivity index (χ0n) is 12.5. The van der Waals surface area contributed by atoms with Gasteiger partial charge in [0.15, 0.2) is 0 Å². The smallest absolute Gasteiger partial charge is 0.240 e. The molecule has 1 aromatic carbocycles. The summed E-state index contributed by atoms with van der Waals surface area (Å²) in [5.41, 5.74) is 1.07. The Morgan fingerprint density at radius 2 is 1.95 bits per heavy atom. The first kappa shape index (κ1) is 16.4. The maximum Gasteiger partial charge on any atom is 0.240 e. The van der Waals surface area contributed by atoms with Crippen molar-refractivity contribution >= 4 is 10.0 Å². The highest BCUT2D eigenvalue weighted by Gasteiger charge is 2.21. The van der Waals surface area contributed by atoms with Crippen molar-refractivity contribution in [2.45, 2.75) is 31.2 Å². The Morgan fingerprint density at radius 1 is 1.24 bits per heavy atom. The fraction of sp³-hybridized carbons (Fsp3) is 0.600. The molecule has 0 heterocycles. The molecule has 5 nitrogen and oxygen atoms in total. The minimum atomic E-state index is -3.43. The van der Waals surface area contributed by atoms with Gasteiger partial charge in [0.2, 0.25) is 10.0 Å². The van der Waals surface area contributed by atoms with E-state index in [0.717, 1.165) is 25.3 Å². The maximum absolute atomic E-state index is 12.1. The van der Waals surface area contributed by atoms with Crippen LogP contribution in [0.4, 0.5) is 0 Å². The van der Waals surface area contributed by atoms with Gasteiger partial charge in [0.1, 0.15) is 0 Å².